The Balaban J connectivity index is 3.00. The van der Waals surface area contributed by atoms with Crippen molar-refractivity contribution in [2.24, 2.45) is 5.73 Å². The molecule has 7 heteroatoms. The van der Waals surface area contributed by atoms with E-state index in [0.717, 1.165) is 6.07 Å². The van der Waals surface area contributed by atoms with Crippen molar-refractivity contribution in [1.29, 1.82) is 0 Å². The number of carbonyl (C=O) groups excluding carboxylic acids is 1. The number of halogens is 3. The maximum Gasteiger partial charge on any atom is 0.416 e. The molecule has 0 fully saturated rings. The molecule has 1 aromatic rings. The van der Waals surface area contributed by atoms with E-state index in [9.17, 15) is 18.0 Å². The summed E-state index contributed by atoms with van der Waals surface area (Å²) in [5.41, 5.74) is 4.43. The van der Waals surface area contributed by atoms with Gasteiger partial charge in [0.1, 0.15) is 6.61 Å². The van der Waals surface area contributed by atoms with Crippen LogP contribution in [0.3, 0.4) is 0 Å². The summed E-state index contributed by atoms with van der Waals surface area (Å²) in [7, 11) is 1.32. The number of rotatable bonds is 4. The third kappa shape index (κ3) is 3.71. The maximum absolute atomic E-state index is 12.7. The number of hydrogen-bond acceptors (Lipinski definition) is 3. The van der Waals surface area contributed by atoms with Gasteiger partial charge in [0.25, 0.3) is 0 Å². The van der Waals surface area contributed by atoms with E-state index >= 15 is 0 Å². The number of nitrogens with two attached hydrogens (primary N) is 1. The average Bonchev–Trinajstić information content (AvgIpc) is 2.28. The largest absolute Gasteiger partial charge is 0.416 e. The van der Waals surface area contributed by atoms with Crippen LogP contribution in [0.1, 0.15) is 11.1 Å². The Morgan fingerprint density at radius 1 is 1.44 bits per heavy atom. The van der Waals surface area contributed by atoms with Gasteiger partial charge in [0.15, 0.2) is 0 Å². The minimum Gasteiger partial charge on any atom is -0.375 e. The van der Waals surface area contributed by atoms with E-state index in [2.05, 4.69) is 10.1 Å². The fourth-order valence-electron chi connectivity index (χ4n) is 1.42. The molecule has 0 spiro atoms. The molecule has 18 heavy (non-hydrogen) atoms. The highest BCUT2D eigenvalue weighted by atomic mass is 19.4. The van der Waals surface area contributed by atoms with Gasteiger partial charge in [-0.2, -0.15) is 13.2 Å². The van der Waals surface area contributed by atoms with Crippen molar-refractivity contribution >= 4 is 11.6 Å². The Morgan fingerprint density at radius 3 is 2.61 bits per heavy atom. The number of hydrogen-bond donors (Lipinski definition) is 2. The van der Waals surface area contributed by atoms with Crippen LogP contribution in [0.4, 0.5) is 18.9 Å². The summed E-state index contributed by atoms with van der Waals surface area (Å²) in [6.45, 7) is -0.443. The van der Waals surface area contributed by atoms with Gasteiger partial charge in [0, 0.05) is 19.3 Å². The number of carbonyl (C=O) groups is 1. The van der Waals surface area contributed by atoms with Gasteiger partial charge >= 0.3 is 6.18 Å². The number of methoxy groups -OCH3 is 1. The summed E-state index contributed by atoms with van der Waals surface area (Å²) in [6.07, 6.45) is -4.50. The summed E-state index contributed by atoms with van der Waals surface area (Å²) in [5, 5.41) is 2.30. The van der Waals surface area contributed by atoms with Crippen LogP contribution in [-0.4, -0.2) is 19.6 Å². The molecule has 0 bridgehead atoms. The lowest BCUT2D eigenvalue weighted by Crippen LogP contribution is -2.18. The van der Waals surface area contributed by atoms with Crippen molar-refractivity contribution in [2.45, 2.75) is 12.7 Å². The predicted octanol–water partition coefficient (Wildman–Crippen LogP) is 1.75. The van der Waals surface area contributed by atoms with Crippen molar-refractivity contribution in [1.82, 2.24) is 0 Å². The molecule has 0 aliphatic rings. The highest BCUT2D eigenvalue weighted by Gasteiger charge is 2.33. The van der Waals surface area contributed by atoms with E-state index in [4.69, 9.17) is 5.73 Å². The lowest BCUT2D eigenvalue weighted by atomic mass is 10.1. The Kier molecular flexibility index (Phi) is 4.69. The standard InChI is InChI=1S/C11H13F3N2O2/c1-18-6-10(17)16-8-3-2-7(5-15)9(4-8)11(12,13)14/h2-4H,5-6,15H2,1H3,(H,16,17). The molecule has 0 radical (unpaired) electrons. The van der Waals surface area contributed by atoms with Gasteiger partial charge in [-0.15, -0.1) is 0 Å². The molecule has 0 aliphatic carbocycles. The fraction of sp³-hybridized carbons (Fsp3) is 0.364. The lowest BCUT2D eigenvalue weighted by Gasteiger charge is -2.13. The number of nitrogens with one attached hydrogen (secondary N) is 1. The number of benzene rings is 1. The minimum atomic E-state index is -4.50. The topological polar surface area (TPSA) is 64.3 Å². The molecule has 1 amide bonds. The van der Waals surface area contributed by atoms with Gasteiger partial charge in [-0.25, -0.2) is 0 Å². The number of ether oxygens (including phenoxy) is 1. The van der Waals surface area contributed by atoms with Gasteiger partial charge in [0.05, 0.1) is 5.56 Å². The zero-order valence-corrected chi connectivity index (χ0v) is 9.67. The van der Waals surface area contributed by atoms with Gasteiger partial charge in [-0.1, -0.05) is 6.07 Å². The van der Waals surface area contributed by atoms with Crippen molar-refractivity contribution in [3.8, 4) is 0 Å². The van der Waals surface area contributed by atoms with Crippen LogP contribution in [0.25, 0.3) is 0 Å². The zero-order valence-electron chi connectivity index (χ0n) is 9.67. The number of anilines is 1. The summed E-state index contributed by atoms with van der Waals surface area (Å²) in [6, 6.07) is 3.46. The third-order valence-electron chi connectivity index (χ3n) is 2.19. The normalized spacial score (nSPS) is 11.4. The molecular weight excluding hydrogens is 249 g/mol. The maximum atomic E-state index is 12.7. The van der Waals surface area contributed by atoms with E-state index < -0.39 is 17.6 Å². The molecule has 4 nitrogen and oxygen atoms in total. The summed E-state index contributed by atoms with van der Waals surface area (Å²) >= 11 is 0. The molecule has 1 rings (SSSR count). The molecule has 0 unspecified atom stereocenters. The van der Waals surface area contributed by atoms with Crippen LogP contribution in [0.15, 0.2) is 18.2 Å². The molecule has 0 saturated heterocycles. The van der Waals surface area contributed by atoms with Crippen LogP contribution in [0, 0.1) is 0 Å². The van der Waals surface area contributed by atoms with Gasteiger partial charge in [0.2, 0.25) is 5.91 Å². The molecule has 0 aromatic heterocycles. The molecule has 0 aliphatic heterocycles. The highest BCUT2D eigenvalue weighted by molar-refractivity contribution is 5.91. The van der Waals surface area contributed by atoms with E-state index in [1.807, 2.05) is 0 Å². The monoisotopic (exact) mass is 262 g/mol. The van der Waals surface area contributed by atoms with Crippen molar-refractivity contribution in [2.75, 3.05) is 19.0 Å². The molecule has 0 heterocycles. The van der Waals surface area contributed by atoms with Crippen LogP contribution in [0.2, 0.25) is 0 Å². The van der Waals surface area contributed by atoms with Crippen molar-refractivity contribution in [3.63, 3.8) is 0 Å². The smallest absolute Gasteiger partial charge is 0.375 e. The molecule has 3 N–H and O–H groups in total. The summed E-state index contributed by atoms with van der Waals surface area (Å²) < 4.78 is 42.7. The van der Waals surface area contributed by atoms with Crippen LogP contribution < -0.4 is 11.1 Å². The van der Waals surface area contributed by atoms with Crippen LogP contribution in [0.5, 0.6) is 0 Å². The first-order valence-electron chi connectivity index (χ1n) is 5.07. The Morgan fingerprint density at radius 2 is 2.11 bits per heavy atom. The van der Waals surface area contributed by atoms with Crippen molar-refractivity contribution < 1.29 is 22.7 Å². The minimum absolute atomic E-state index is 0.0211. The first-order chi connectivity index (χ1) is 8.38. The second-order valence-corrected chi connectivity index (χ2v) is 3.55. The first kappa shape index (κ1) is 14.5. The molecule has 0 atom stereocenters. The van der Waals surface area contributed by atoms with E-state index in [0.29, 0.717) is 0 Å². The predicted molar refractivity (Wildman–Crippen MR) is 59.8 cm³/mol. The van der Waals surface area contributed by atoms with Crippen LogP contribution >= 0.6 is 0 Å². The van der Waals surface area contributed by atoms with Gasteiger partial charge in [-0.05, 0) is 17.7 Å². The fourth-order valence-corrected chi connectivity index (χ4v) is 1.42. The molecular formula is C11H13F3N2O2. The molecule has 1 aromatic carbocycles. The third-order valence-corrected chi connectivity index (χ3v) is 2.19. The van der Waals surface area contributed by atoms with Crippen LogP contribution in [-0.2, 0) is 22.3 Å². The number of alkyl halides is 3. The Hall–Kier alpha value is -1.60. The van der Waals surface area contributed by atoms with E-state index in [1.165, 1.54) is 19.2 Å². The average molecular weight is 262 g/mol. The lowest BCUT2D eigenvalue weighted by molar-refractivity contribution is -0.138. The SMILES string of the molecule is COCC(=O)Nc1ccc(CN)c(C(F)(F)F)c1. The molecule has 100 valence electrons. The quantitative estimate of drug-likeness (QED) is 0.868. The van der Waals surface area contributed by atoms with Gasteiger partial charge in [-0.3, -0.25) is 4.79 Å². The van der Waals surface area contributed by atoms with E-state index in [1.54, 1.807) is 0 Å². The zero-order chi connectivity index (χ0) is 13.8. The van der Waals surface area contributed by atoms with Gasteiger partial charge < -0.3 is 15.8 Å². The number of amides is 1. The summed E-state index contributed by atoms with van der Waals surface area (Å²) in [4.78, 5) is 11.2. The second kappa shape index (κ2) is 5.83. The summed E-state index contributed by atoms with van der Waals surface area (Å²) in [5.74, 6) is -0.522. The Bertz CT molecular complexity index is 433. The Labute approximate surface area is 102 Å². The van der Waals surface area contributed by atoms with Crippen molar-refractivity contribution in [3.05, 3.63) is 29.3 Å². The first-order valence-corrected chi connectivity index (χ1v) is 5.07. The highest BCUT2D eigenvalue weighted by Crippen LogP contribution is 2.33. The van der Waals surface area contributed by atoms with E-state index in [-0.39, 0.29) is 24.4 Å². The second-order valence-electron chi connectivity index (χ2n) is 3.55. The molecule has 0 saturated carbocycles.